The highest BCUT2D eigenvalue weighted by Crippen LogP contribution is 2.05. The van der Waals surface area contributed by atoms with Crippen LogP contribution < -0.4 is 10.6 Å². The SMILES string of the molecule is CCCCCCCCCNCCNCC(C)C. The van der Waals surface area contributed by atoms with E-state index in [1.165, 1.54) is 51.5 Å². The fraction of sp³-hybridized carbons (Fsp3) is 1.00. The summed E-state index contributed by atoms with van der Waals surface area (Å²) < 4.78 is 0. The van der Waals surface area contributed by atoms with Gasteiger partial charge in [0.2, 0.25) is 0 Å². The zero-order chi connectivity index (χ0) is 12.8. The van der Waals surface area contributed by atoms with Gasteiger partial charge in [0.15, 0.2) is 0 Å². The Morgan fingerprint density at radius 1 is 0.706 bits per heavy atom. The summed E-state index contributed by atoms with van der Waals surface area (Å²) in [5.41, 5.74) is 0. The molecule has 0 aromatic carbocycles. The summed E-state index contributed by atoms with van der Waals surface area (Å²) in [7, 11) is 0. The van der Waals surface area contributed by atoms with E-state index < -0.39 is 0 Å². The van der Waals surface area contributed by atoms with Crippen LogP contribution in [0.1, 0.15) is 65.7 Å². The van der Waals surface area contributed by atoms with E-state index >= 15 is 0 Å². The molecule has 17 heavy (non-hydrogen) atoms. The van der Waals surface area contributed by atoms with Crippen LogP contribution in [-0.2, 0) is 0 Å². The van der Waals surface area contributed by atoms with Gasteiger partial charge >= 0.3 is 0 Å². The van der Waals surface area contributed by atoms with E-state index in [0.717, 1.165) is 25.6 Å². The van der Waals surface area contributed by atoms with Crippen molar-refractivity contribution in [2.24, 2.45) is 5.92 Å². The lowest BCUT2D eigenvalue weighted by Crippen LogP contribution is -2.30. The molecule has 2 nitrogen and oxygen atoms in total. The molecule has 0 rings (SSSR count). The normalized spacial score (nSPS) is 11.3. The Labute approximate surface area is 109 Å². The minimum atomic E-state index is 0.762. The molecule has 0 aliphatic rings. The molecule has 0 amide bonds. The van der Waals surface area contributed by atoms with E-state index in [2.05, 4.69) is 31.4 Å². The zero-order valence-electron chi connectivity index (χ0n) is 12.4. The molecule has 0 radical (unpaired) electrons. The van der Waals surface area contributed by atoms with Crippen molar-refractivity contribution in [1.82, 2.24) is 10.6 Å². The van der Waals surface area contributed by atoms with Crippen LogP contribution in [-0.4, -0.2) is 26.2 Å². The van der Waals surface area contributed by atoms with Gasteiger partial charge in [-0.3, -0.25) is 0 Å². The van der Waals surface area contributed by atoms with Crippen LogP contribution in [0.15, 0.2) is 0 Å². The van der Waals surface area contributed by atoms with Gasteiger partial charge < -0.3 is 10.6 Å². The summed E-state index contributed by atoms with van der Waals surface area (Å²) in [6.07, 6.45) is 9.80. The Kier molecular flexibility index (Phi) is 13.9. The smallest absolute Gasteiger partial charge is 0.00768 e. The van der Waals surface area contributed by atoms with Crippen LogP contribution in [0.4, 0.5) is 0 Å². The fourth-order valence-corrected chi connectivity index (χ4v) is 1.90. The Morgan fingerprint density at radius 2 is 1.29 bits per heavy atom. The molecule has 0 saturated carbocycles. The molecule has 0 atom stereocenters. The minimum Gasteiger partial charge on any atom is -0.315 e. The number of nitrogens with one attached hydrogen (secondary N) is 2. The van der Waals surface area contributed by atoms with Gasteiger partial charge in [0.25, 0.3) is 0 Å². The van der Waals surface area contributed by atoms with Crippen molar-refractivity contribution in [2.75, 3.05) is 26.2 Å². The van der Waals surface area contributed by atoms with Crippen molar-refractivity contribution < 1.29 is 0 Å². The number of hydrogen-bond acceptors (Lipinski definition) is 2. The topological polar surface area (TPSA) is 24.1 Å². The molecule has 0 unspecified atom stereocenters. The van der Waals surface area contributed by atoms with E-state index in [0.29, 0.717) is 0 Å². The van der Waals surface area contributed by atoms with E-state index in [1.807, 2.05) is 0 Å². The standard InChI is InChI=1S/C15H34N2/c1-4-5-6-7-8-9-10-11-16-12-13-17-14-15(2)3/h15-17H,4-14H2,1-3H3. The summed E-state index contributed by atoms with van der Waals surface area (Å²) in [6.45, 7) is 11.3. The van der Waals surface area contributed by atoms with E-state index in [1.54, 1.807) is 0 Å². The average molecular weight is 242 g/mol. The molecule has 0 spiro atoms. The molecular formula is C15H34N2. The molecule has 0 aliphatic carbocycles. The maximum atomic E-state index is 3.50. The second-order valence-electron chi connectivity index (χ2n) is 5.47. The van der Waals surface area contributed by atoms with Gasteiger partial charge in [-0.2, -0.15) is 0 Å². The summed E-state index contributed by atoms with van der Waals surface area (Å²) >= 11 is 0. The first-order chi connectivity index (χ1) is 8.27. The van der Waals surface area contributed by atoms with Crippen molar-refractivity contribution in [2.45, 2.75) is 65.7 Å². The quantitative estimate of drug-likeness (QED) is 0.482. The van der Waals surface area contributed by atoms with Gasteiger partial charge in [-0.25, -0.2) is 0 Å². The van der Waals surface area contributed by atoms with Crippen LogP contribution >= 0.6 is 0 Å². The van der Waals surface area contributed by atoms with E-state index in [9.17, 15) is 0 Å². The lowest BCUT2D eigenvalue weighted by molar-refractivity contribution is 0.523. The molecule has 0 fully saturated rings. The maximum absolute atomic E-state index is 3.50. The Hall–Kier alpha value is -0.0800. The highest BCUT2D eigenvalue weighted by Gasteiger charge is 1.93. The summed E-state index contributed by atoms with van der Waals surface area (Å²) in [6, 6.07) is 0. The number of unbranched alkanes of at least 4 members (excludes halogenated alkanes) is 6. The van der Waals surface area contributed by atoms with Gasteiger partial charge in [-0.05, 0) is 25.4 Å². The third kappa shape index (κ3) is 15.9. The van der Waals surface area contributed by atoms with Crippen LogP contribution in [0.3, 0.4) is 0 Å². The Balaban J connectivity index is 2.89. The van der Waals surface area contributed by atoms with Crippen LogP contribution in [0.2, 0.25) is 0 Å². The van der Waals surface area contributed by atoms with E-state index in [-0.39, 0.29) is 0 Å². The monoisotopic (exact) mass is 242 g/mol. The maximum Gasteiger partial charge on any atom is 0.00768 e. The Morgan fingerprint density at radius 3 is 1.94 bits per heavy atom. The van der Waals surface area contributed by atoms with Gasteiger partial charge in [0.05, 0.1) is 0 Å². The largest absolute Gasteiger partial charge is 0.315 e. The van der Waals surface area contributed by atoms with Gasteiger partial charge in [0, 0.05) is 13.1 Å². The first-order valence-corrected chi connectivity index (χ1v) is 7.68. The molecule has 0 aliphatic heterocycles. The van der Waals surface area contributed by atoms with Crippen molar-refractivity contribution in [3.8, 4) is 0 Å². The predicted molar refractivity (Wildman–Crippen MR) is 78.6 cm³/mol. The molecule has 0 heterocycles. The summed E-state index contributed by atoms with van der Waals surface area (Å²) in [5, 5.41) is 6.95. The molecule has 2 heteroatoms. The second kappa shape index (κ2) is 14.0. The van der Waals surface area contributed by atoms with Gasteiger partial charge in [0.1, 0.15) is 0 Å². The number of hydrogen-bond donors (Lipinski definition) is 2. The fourth-order valence-electron chi connectivity index (χ4n) is 1.90. The third-order valence-electron chi connectivity index (χ3n) is 2.99. The zero-order valence-corrected chi connectivity index (χ0v) is 12.4. The average Bonchev–Trinajstić information content (AvgIpc) is 2.30. The molecule has 104 valence electrons. The molecule has 0 bridgehead atoms. The van der Waals surface area contributed by atoms with Crippen molar-refractivity contribution in [3.05, 3.63) is 0 Å². The van der Waals surface area contributed by atoms with Crippen LogP contribution in [0.5, 0.6) is 0 Å². The molecule has 2 N–H and O–H groups in total. The first kappa shape index (κ1) is 16.9. The van der Waals surface area contributed by atoms with Crippen LogP contribution in [0, 0.1) is 5.92 Å². The summed E-state index contributed by atoms with van der Waals surface area (Å²) in [5.74, 6) is 0.762. The van der Waals surface area contributed by atoms with Crippen LogP contribution in [0.25, 0.3) is 0 Å². The second-order valence-corrected chi connectivity index (χ2v) is 5.47. The molecular weight excluding hydrogens is 208 g/mol. The highest BCUT2D eigenvalue weighted by molar-refractivity contribution is 4.55. The Bertz CT molecular complexity index is 135. The summed E-state index contributed by atoms with van der Waals surface area (Å²) in [4.78, 5) is 0. The lowest BCUT2D eigenvalue weighted by Gasteiger charge is -2.08. The molecule has 0 aromatic rings. The third-order valence-corrected chi connectivity index (χ3v) is 2.99. The van der Waals surface area contributed by atoms with Gasteiger partial charge in [-0.1, -0.05) is 59.3 Å². The molecule has 0 aromatic heterocycles. The van der Waals surface area contributed by atoms with Crippen molar-refractivity contribution >= 4 is 0 Å². The highest BCUT2D eigenvalue weighted by atomic mass is 14.9. The van der Waals surface area contributed by atoms with Gasteiger partial charge in [-0.15, -0.1) is 0 Å². The molecule has 0 saturated heterocycles. The number of rotatable bonds is 13. The lowest BCUT2D eigenvalue weighted by atomic mass is 10.1. The van der Waals surface area contributed by atoms with Crippen molar-refractivity contribution in [3.63, 3.8) is 0 Å². The van der Waals surface area contributed by atoms with Crippen molar-refractivity contribution in [1.29, 1.82) is 0 Å². The van der Waals surface area contributed by atoms with E-state index in [4.69, 9.17) is 0 Å². The predicted octanol–water partition coefficient (Wildman–Crippen LogP) is 3.57. The first-order valence-electron chi connectivity index (χ1n) is 7.68. The minimum absolute atomic E-state index is 0.762.